The van der Waals surface area contributed by atoms with Crippen LogP contribution < -0.4 is 5.09 Å². The Labute approximate surface area is 94.4 Å². The quantitative estimate of drug-likeness (QED) is 0.695. The third kappa shape index (κ3) is 3.37. The fraction of sp³-hybridized carbons (Fsp3) is 0. The van der Waals surface area contributed by atoms with Crippen LogP contribution in [0.15, 0.2) is 0 Å². The highest BCUT2D eigenvalue weighted by molar-refractivity contribution is 7.54. The summed E-state index contributed by atoms with van der Waals surface area (Å²) in [7, 11) is -3.60. The van der Waals surface area contributed by atoms with Crippen molar-refractivity contribution < 1.29 is 9.09 Å². The lowest BCUT2D eigenvalue weighted by Gasteiger charge is -2.29. The molecule has 4 nitrogen and oxygen atoms in total. The molecule has 69 valence electrons. The molecule has 1 heterocycles. The van der Waals surface area contributed by atoms with E-state index in [1.807, 2.05) is 18.3 Å². The molecule has 14 heavy (non-hydrogen) atoms. The van der Waals surface area contributed by atoms with Gasteiger partial charge < -0.3 is 0 Å². The van der Waals surface area contributed by atoms with E-state index in [2.05, 4.69) is 35.7 Å². The zero-order chi connectivity index (χ0) is 10.4. The van der Waals surface area contributed by atoms with Gasteiger partial charge in [0.25, 0.3) is 0 Å². The maximum Gasteiger partial charge on any atom is 0.362 e. The second-order valence-electron chi connectivity index (χ2n) is 1.75. The molecule has 1 saturated heterocycles. The minimum absolute atomic E-state index is 0.831. The van der Waals surface area contributed by atoms with Gasteiger partial charge in [-0.1, -0.05) is 0 Å². The number of nitrogens with zero attached hydrogens (tertiary/aromatic N) is 2. The highest BCUT2D eigenvalue weighted by Gasteiger charge is 2.38. The highest BCUT2D eigenvalue weighted by atomic mass is 35.5. The lowest BCUT2D eigenvalue weighted by molar-refractivity contribution is 0.324. The number of hydrogen-bond donors (Lipinski definition) is 0. The first kappa shape index (κ1) is 12.8. The molecule has 0 amide bonds. The second kappa shape index (κ2) is 6.31. The smallest absolute Gasteiger partial charge is 0.291 e. The molecule has 0 spiro atoms. The molecule has 1 atom stereocenters. The van der Waals surface area contributed by atoms with Gasteiger partial charge in [0.05, 0.1) is 19.5 Å². The average Bonchev–Trinajstić information content (AvgIpc) is 2.19. The van der Waals surface area contributed by atoms with Gasteiger partial charge in [0.15, 0.2) is 6.61 Å². The Morgan fingerprint density at radius 3 is 2.86 bits per heavy atom. The van der Waals surface area contributed by atoms with Crippen LogP contribution in [-0.2, 0) is 9.09 Å². The summed E-state index contributed by atoms with van der Waals surface area (Å²) in [4.78, 5) is 0. The molecule has 0 aromatic heterocycles. The van der Waals surface area contributed by atoms with Crippen molar-refractivity contribution in [3.63, 3.8) is 0 Å². The molecule has 1 aliphatic rings. The van der Waals surface area contributed by atoms with E-state index in [-0.39, 0.29) is 0 Å². The molecule has 1 rings (SSSR count). The Kier molecular flexibility index (Phi) is 5.75. The van der Waals surface area contributed by atoms with Crippen LogP contribution in [0.2, 0.25) is 0 Å². The fourth-order valence-electron chi connectivity index (χ4n) is 0.540. The van der Waals surface area contributed by atoms with Crippen LogP contribution in [0, 0.1) is 44.4 Å². The van der Waals surface area contributed by atoms with E-state index in [4.69, 9.17) is 23.2 Å². The topological polar surface area (TPSA) is 43.6 Å². The maximum absolute atomic E-state index is 11.8. The predicted octanol–water partition coefficient (Wildman–Crippen LogP) is 1.82. The standard InChI is InChI=1S/C7Cl2N2O2P/c8-2-4-10-14(12)11(6-3-9)5-1-7-13-14. The molecule has 0 aromatic rings. The maximum atomic E-state index is 11.8. The zero-order valence-corrected chi connectivity index (χ0v) is 8.82. The van der Waals surface area contributed by atoms with Crippen molar-refractivity contribution in [3.8, 4) is 0 Å². The SMILES string of the molecule is O=P1([N][C][C]Cl)O[C][C][C]N1[C][C]Cl. The lowest BCUT2D eigenvalue weighted by atomic mass is 10.4. The van der Waals surface area contributed by atoms with E-state index in [1.54, 1.807) is 0 Å². The van der Waals surface area contributed by atoms with E-state index in [0.717, 1.165) is 4.67 Å². The Bertz CT molecular complexity index is 216. The first-order valence-electron chi connectivity index (χ1n) is 3.02. The van der Waals surface area contributed by atoms with Crippen LogP contribution in [0.5, 0.6) is 0 Å². The van der Waals surface area contributed by atoms with Crippen molar-refractivity contribution in [2.75, 3.05) is 0 Å². The van der Waals surface area contributed by atoms with Crippen molar-refractivity contribution in [2.45, 2.75) is 0 Å². The number of halogens is 2. The Morgan fingerprint density at radius 2 is 2.21 bits per heavy atom. The van der Waals surface area contributed by atoms with Crippen LogP contribution in [0.1, 0.15) is 0 Å². The normalized spacial score (nSPS) is 29.3. The van der Waals surface area contributed by atoms with Crippen molar-refractivity contribution in [2.24, 2.45) is 0 Å². The van der Waals surface area contributed by atoms with E-state index < -0.39 is 7.67 Å². The molecule has 0 aliphatic carbocycles. The van der Waals surface area contributed by atoms with E-state index >= 15 is 0 Å². The third-order valence-corrected chi connectivity index (χ3v) is 2.55. The van der Waals surface area contributed by atoms with Gasteiger partial charge >= 0.3 is 7.67 Å². The van der Waals surface area contributed by atoms with Gasteiger partial charge in [-0.2, -0.15) is 4.67 Å². The predicted molar refractivity (Wildman–Crippen MR) is 47.1 cm³/mol. The number of rotatable bonds is 5. The zero-order valence-electron chi connectivity index (χ0n) is 6.41. The summed E-state index contributed by atoms with van der Waals surface area (Å²) in [6.45, 7) is 8.70. The molecule has 7 heteroatoms. The van der Waals surface area contributed by atoms with Gasteiger partial charge in [-0.05, 0) is 0 Å². The van der Waals surface area contributed by atoms with Gasteiger partial charge in [0.1, 0.15) is 18.3 Å². The minimum atomic E-state index is -3.60. The highest BCUT2D eigenvalue weighted by Crippen LogP contribution is 2.54. The summed E-state index contributed by atoms with van der Waals surface area (Å²) in [5.41, 5.74) is 0. The monoisotopic (exact) mass is 245 g/mol. The summed E-state index contributed by atoms with van der Waals surface area (Å²) >= 11 is 10.2. The lowest BCUT2D eigenvalue weighted by Crippen LogP contribution is -2.24. The van der Waals surface area contributed by atoms with Crippen LogP contribution in [-0.4, -0.2) is 4.67 Å². The summed E-state index contributed by atoms with van der Waals surface area (Å²) < 4.78 is 17.2. The van der Waals surface area contributed by atoms with Crippen molar-refractivity contribution in [1.29, 1.82) is 0 Å². The van der Waals surface area contributed by atoms with E-state index in [1.165, 1.54) is 0 Å². The first-order chi connectivity index (χ1) is 6.73. The Hall–Kier alpha value is 0.690. The molecular weight excluding hydrogens is 246 g/mol. The average molecular weight is 246 g/mol. The van der Waals surface area contributed by atoms with Crippen molar-refractivity contribution in [3.05, 3.63) is 44.4 Å². The molecule has 0 N–H and O–H groups in total. The van der Waals surface area contributed by atoms with E-state index in [0.29, 0.717) is 0 Å². The van der Waals surface area contributed by atoms with Crippen molar-refractivity contribution in [1.82, 2.24) is 9.76 Å². The molecule has 1 aliphatic heterocycles. The van der Waals surface area contributed by atoms with Crippen LogP contribution in [0.3, 0.4) is 0 Å². The van der Waals surface area contributed by atoms with Crippen molar-refractivity contribution >= 4 is 30.9 Å². The van der Waals surface area contributed by atoms with Gasteiger partial charge in [-0.25, -0.2) is 0 Å². The Balaban J connectivity index is 2.55. The Morgan fingerprint density at radius 1 is 1.43 bits per heavy atom. The molecule has 1 unspecified atom stereocenters. The summed E-state index contributed by atoms with van der Waals surface area (Å²) in [6, 6.07) is 0. The molecule has 0 saturated carbocycles. The summed E-state index contributed by atoms with van der Waals surface area (Å²) in [5, 5.41) is 3.37. The van der Waals surface area contributed by atoms with Gasteiger partial charge in [0.2, 0.25) is 0 Å². The van der Waals surface area contributed by atoms with E-state index in [9.17, 15) is 4.57 Å². The van der Waals surface area contributed by atoms with Crippen LogP contribution >= 0.6 is 30.9 Å². The molecule has 15 radical (unpaired) electrons. The second-order valence-corrected chi connectivity index (χ2v) is 3.89. The van der Waals surface area contributed by atoms with Crippen LogP contribution in [0.25, 0.3) is 0 Å². The molecular formula is C7Cl2N2O2P. The summed E-state index contributed by atoms with van der Waals surface area (Å²) in [6.07, 6.45) is 2.28. The molecule has 1 fully saturated rings. The van der Waals surface area contributed by atoms with Gasteiger partial charge in [-0.15, -0.1) is 28.3 Å². The fourth-order valence-corrected chi connectivity index (χ4v) is 1.69. The number of hydrogen-bond acceptors (Lipinski definition) is 2. The third-order valence-electron chi connectivity index (χ3n) is 0.997. The van der Waals surface area contributed by atoms with Gasteiger partial charge in [0, 0.05) is 0 Å². The minimum Gasteiger partial charge on any atom is -0.291 e. The van der Waals surface area contributed by atoms with Crippen LogP contribution in [0.4, 0.5) is 0 Å². The summed E-state index contributed by atoms with van der Waals surface area (Å²) in [5.74, 6) is 3.92. The molecule has 0 aromatic carbocycles. The van der Waals surface area contributed by atoms with Gasteiger partial charge in [-0.3, -0.25) is 9.09 Å². The molecule has 0 bridgehead atoms. The largest absolute Gasteiger partial charge is 0.362 e. The first-order valence-corrected chi connectivity index (χ1v) is 5.30.